The van der Waals surface area contributed by atoms with Crippen LogP contribution in [0.4, 0.5) is 5.69 Å². The molecule has 1 aromatic heterocycles. The summed E-state index contributed by atoms with van der Waals surface area (Å²) in [5.74, 6) is -0.366. The lowest BCUT2D eigenvalue weighted by Gasteiger charge is -2.20. The van der Waals surface area contributed by atoms with Crippen LogP contribution in [0.25, 0.3) is 10.9 Å². The van der Waals surface area contributed by atoms with E-state index in [1.807, 2.05) is 30.3 Å². The predicted molar refractivity (Wildman–Crippen MR) is 113 cm³/mol. The topological polar surface area (TPSA) is 79.4 Å². The Morgan fingerprint density at radius 2 is 1.69 bits per heavy atom. The third kappa shape index (κ3) is 4.31. The Labute approximate surface area is 170 Å². The Morgan fingerprint density at radius 3 is 2.48 bits per heavy atom. The van der Waals surface area contributed by atoms with Crippen LogP contribution in [0.5, 0.6) is 0 Å². The summed E-state index contributed by atoms with van der Waals surface area (Å²) in [6, 6.07) is 15.7. The first kappa shape index (κ1) is 19.5. The van der Waals surface area contributed by atoms with E-state index in [2.05, 4.69) is 10.3 Å². The SMILES string of the molecule is O=C(Nc1cnc2ccccc2c1)c1cccc(S(=O)(=O)N2CCCCCC2)c1. The van der Waals surface area contributed by atoms with Crippen LogP contribution in [0.1, 0.15) is 36.0 Å². The maximum absolute atomic E-state index is 13.0. The van der Waals surface area contributed by atoms with E-state index in [9.17, 15) is 13.2 Å². The lowest BCUT2D eigenvalue weighted by Crippen LogP contribution is -2.32. The number of para-hydroxylation sites is 1. The number of hydrogen-bond acceptors (Lipinski definition) is 4. The molecule has 1 aliphatic rings. The number of amides is 1. The van der Waals surface area contributed by atoms with Crippen LogP contribution in [-0.2, 0) is 10.0 Å². The fraction of sp³-hybridized carbons (Fsp3) is 0.273. The molecule has 0 unspecified atom stereocenters. The molecule has 2 heterocycles. The van der Waals surface area contributed by atoms with Gasteiger partial charge in [0.2, 0.25) is 10.0 Å². The summed E-state index contributed by atoms with van der Waals surface area (Å²) in [5.41, 5.74) is 1.71. The minimum atomic E-state index is -3.60. The van der Waals surface area contributed by atoms with Crippen LogP contribution in [0.3, 0.4) is 0 Å². The van der Waals surface area contributed by atoms with Gasteiger partial charge < -0.3 is 5.32 Å². The van der Waals surface area contributed by atoms with E-state index in [1.165, 1.54) is 10.4 Å². The second-order valence-electron chi connectivity index (χ2n) is 7.22. The Hall–Kier alpha value is -2.77. The van der Waals surface area contributed by atoms with E-state index in [-0.39, 0.29) is 10.8 Å². The first-order valence-corrected chi connectivity index (χ1v) is 11.2. The highest BCUT2D eigenvalue weighted by atomic mass is 32.2. The molecular weight excluding hydrogens is 386 g/mol. The summed E-state index contributed by atoms with van der Waals surface area (Å²) >= 11 is 0. The number of benzene rings is 2. The molecule has 1 saturated heterocycles. The van der Waals surface area contributed by atoms with E-state index >= 15 is 0 Å². The minimum absolute atomic E-state index is 0.156. The van der Waals surface area contributed by atoms with E-state index in [0.29, 0.717) is 24.3 Å². The lowest BCUT2D eigenvalue weighted by atomic mass is 10.2. The second-order valence-corrected chi connectivity index (χ2v) is 9.15. The van der Waals surface area contributed by atoms with Crippen molar-refractivity contribution in [3.05, 3.63) is 66.4 Å². The molecule has 3 aromatic rings. The van der Waals surface area contributed by atoms with Gasteiger partial charge in [0.15, 0.2) is 0 Å². The molecule has 7 heteroatoms. The average molecular weight is 410 g/mol. The van der Waals surface area contributed by atoms with Crippen LogP contribution in [0, 0.1) is 0 Å². The van der Waals surface area contributed by atoms with Crippen LogP contribution >= 0.6 is 0 Å². The molecule has 0 aliphatic carbocycles. The number of sulfonamides is 1. The summed E-state index contributed by atoms with van der Waals surface area (Å²) in [4.78, 5) is 17.2. The highest BCUT2D eigenvalue weighted by Gasteiger charge is 2.25. The van der Waals surface area contributed by atoms with Crippen molar-refractivity contribution in [3.63, 3.8) is 0 Å². The Kier molecular flexibility index (Phi) is 5.60. The quantitative estimate of drug-likeness (QED) is 0.705. The molecule has 1 aliphatic heterocycles. The average Bonchev–Trinajstić information content (AvgIpc) is 3.04. The molecule has 1 amide bonds. The van der Waals surface area contributed by atoms with Gasteiger partial charge in [0.25, 0.3) is 5.91 Å². The van der Waals surface area contributed by atoms with Crippen molar-refractivity contribution in [3.8, 4) is 0 Å². The third-order valence-electron chi connectivity index (χ3n) is 5.15. The smallest absolute Gasteiger partial charge is 0.255 e. The first-order valence-electron chi connectivity index (χ1n) is 9.80. The van der Waals surface area contributed by atoms with Gasteiger partial charge in [0.05, 0.1) is 22.3 Å². The summed E-state index contributed by atoms with van der Waals surface area (Å²) < 4.78 is 27.5. The number of fused-ring (bicyclic) bond motifs is 1. The van der Waals surface area contributed by atoms with Gasteiger partial charge >= 0.3 is 0 Å². The molecule has 0 spiro atoms. The maximum atomic E-state index is 13.0. The molecule has 0 atom stereocenters. The molecule has 2 aromatic carbocycles. The molecule has 29 heavy (non-hydrogen) atoms. The van der Waals surface area contributed by atoms with Crippen molar-refractivity contribution in [1.82, 2.24) is 9.29 Å². The van der Waals surface area contributed by atoms with Crippen LogP contribution in [0.2, 0.25) is 0 Å². The normalized spacial score (nSPS) is 15.7. The van der Waals surface area contributed by atoms with Crippen LogP contribution in [-0.4, -0.2) is 36.7 Å². The lowest BCUT2D eigenvalue weighted by molar-refractivity contribution is 0.102. The minimum Gasteiger partial charge on any atom is -0.321 e. The zero-order chi connectivity index (χ0) is 20.3. The van der Waals surface area contributed by atoms with Crippen molar-refractivity contribution in [1.29, 1.82) is 0 Å². The fourth-order valence-electron chi connectivity index (χ4n) is 3.57. The number of aromatic nitrogens is 1. The van der Waals surface area contributed by atoms with Crippen molar-refractivity contribution >= 4 is 32.5 Å². The van der Waals surface area contributed by atoms with Gasteiger partial charge in [-0.3, -0.25) is 9.78 Å². The van der Waals surface area contributed by atoms with Gasteiger partial charge in [0.1, 0.15) is 0 Å². The summed E-state index contributed by atoms with van der Waals surface area (Å²) in [5, 5.41) is 3.73. The number of hydrogen-bond donors (Lipinski definition) is 1. The highest BCUT2D eigenvalue weighted by molar-refractivity contribution is 7.89. The number of carbonyl (C=O) groups excluding carboxylic acids is 1. The van der Waals surface area contributed by atoms with Crippen molar-refractivity contribution in [2.45, 2.75) is 30.6 Å². The molecule has 0 bridgehead atoms. The van der Waals surface area contributed by atoms with Crippen molar-refractivity contribution < 1.29 is 13.2 Å². The second kappa shape index (κ2) is 8.31. The van der Waals surface area contributed by atoms with Gasteiger partial charge in [0, 0.05) is 24.0 Å². The van der Waals surface area contributed by atoms with E-state index in [1.54, 1.807) is 24.4 Å². The van der Waals surface area contributed by atoms with Gasteiger partial charge in [-0.1, -0.05) is 37.1 Å². The maximum Gasteiger partial charge on any atom is 0.255 e. The highest BCUT2D eigenvalue weighted by Crippen LogP contribution is 2.22. The summed E-state index contributed by atoms with van der Waals surface area (Å²) in [7, 11) is -3.60. The van der Waals surface area contributed by atoms with Crippen molar-refractivity contribution in [2.24, 2.45) is 0 Å². The molecule has 1 N–H and O–H groups in total. The molecule has 0 saturated carbocycles. The zero-order valence-corrected chi connectivity index (χ0v) is 16.9. The predicted octanol–water partition coefficient (Wildman–Crippen LogP) is 4.05. The van der Waals surface area contributed by atoms with Gasteiger partial charge in [-0.2, -0.15) is 4.31 Å². The Balaban J connectivity index is 1.56. The number of rotatable bonds is 4. The molecule has 0 radical (unpaired) electrons. The standard InChI is InChI=1S/C22H23N3O3S/c26-22(24-19-14-17-8-3-4-11-21(17)23-16-19)18-9-7-10-20(15-18)29(27,28)25-12-5-1-2-6-13-25/h3-4,7-11,14-16H,1-2,5-6,12-13H2,(H,24,26). The molecule has 6 nitrogen and oxygen atoms in total. The number of nitrogens with one attached hydrogen (secondary N) is 1. The van der Waals surface area contributed by atoms with Gasteiger partial charge in [-0.15, -0.1) is 0 Å². The Morgan fingerprint density at radius 1 is 0.931 bits per heavy atom. The van der Waals surface area contributed by atoms with E-state index in [4.69, 9.17) is 0 Å². The molecule has 1 fully saturated rings. The van der Waals surface area contributed by atoms with Gasteiger partial charge in [-0.25, -0.2) is 8.42 Å². The first-order chi connectivity index (χ1) is 14.0. The number of anilines is 1. The Bertz CT molecular complexity index is 1140. The zero-order valence-electron chi connectivity index (χ0n) is 16.0. The molecule has 150 valence electrons. The summed E-state index contributed by atoms with van der Waals surface area (Å²) in [6.45, 7) is 1.06. The number of pyridine rings is 1. The summed E-state index contributed by atoms with van der Waals surface area (Å²) in [6.07, 6.45) is 5.43. The van der Waals surface area contributed by atoms with Crippen LogP contribution in [0.15, 0.2) is 65.7 Å². The number of carbonyl (C=O) groups is 1. The van der Waals surface area contributed by atoms with E-state index < -0.39 is 10.0 Å². The monoisotopic (exact) mass is 409 g/mol. The van der Waals surface area contributed by atoms with Crippen LogP contribution < -0.4 is 5.32 Å². The van der Waals surface area contributed by atoms with Gasteiger partial charge in [-0.05, 0) is 43.2 Å². The van der Waals surface area contributed by atoms with Crippen molar-refractivity contribution in [2.75, 3.05) is 18.4 Å². The fourth-order valence-corrected chi connectivity index (χ4v) is 5.14. The third-order valence-corrected chi connectivity index (χ3v) is 7.04. The molecule has 4 rings (SSSR count). The van der Waals surface area contributed by atoms with E-state index in [0.717, 1.165) is 36.6 Å². The number of nitrogens with zero attached hydrogens (tertiary/aromatic N) is 2. The molecular formula is C22H23N3O3S. The largest absolute Gasteiger partial charge is 0.321 e.